The van der Waals surface area contributed by atoms with Crippen LogP contribution in [0.4, 0.5) is 0 Å². The molecular weight excluding hydrogens is 226 g/mol. The standard InChI is InChI=1S/C14H13N3O/c1-9-14(18)13-5-10(3-4-11(13)6-15-9)12-7-16-17(2)8-12/h3-8,18H,1-2H3. The lowest BCUT2D eigenvalue weighted by atomic mass is 10.0. The molecule has 1 aromatic carbocycles. The largest absolute Gasteiger partial charge is 0.505 e. The van der Waals surface area contributed by atoms with E-state index in [-0.39, 0.29) is 5.75 Å². The molecule has 0 bridgehead atoms. The lowest BCUT2D eigenvalue weighted by molar-refractivity contribution is 0.474. The molecule has 4 nitrogen and oxygen atoms in total. The number of benzene rings is 1. The predicted octanol–water partition coefficient (Wildman–Crippen LogP) is 2.65. The van der Waals surface area contributed by atoms with E-state index >= 15 is 0 Å². The minimum atomic E-state index is 0.248. The van der Waals surface area contributed by atoms with Crippen LogP contribution in [0.1, 0.15) is 5.69 Å². The molecule has 0 aliphatic carbocycles. The third-order valence-corrected chi connectivity index (χ3v) is 3.09. The third kappa shape index (κ3) is 1.62. The van der Waals surface area contributed by atoms with Crippen molar-refractivity contribution in [2.45, 2.75) is 6.92 Å². The monoisotopic (exact) mass is 239 g/mol. The number of fused-ring (bicyclic) bond motifs is 1. The molecule has 2 aromatic heterocycles. The van der Waals surface area contributed by atoms with Crippen LogP contribution in [0.25, 0.3) is 21.9 Å². The molecule has 90 valence electrons. The fourth-order valence-corrected chi connectivity index (χ4v) is 2.05. The number of aromatic nitrogens is 3. The van der Waals surface area contributed by atoms with Gasteiger partial charge in [-0.15, -0.1) is 0 Å². The van der Waals surface area contributed by atoms with Crippen LogP contribution in [0.3, 0.4) is 0 Å². The smallest absolute Gasteiger partial charge is 0.144 e. The summed E-state index contributed by atoms with van der Waals surface area (Å²) in [5, 5.41) is 16.0. The molecule has 0 saturated carbocycles. The van der Waals surface area contributed by atoms with Gasteiger partial charge in [-0.1, -0.05) is 12.1 Å². The first-order valence-electron chi connectivity index (χ1n) is 5.72. The minimum Gasteiger partial charge on any atom is -0.505 e. The van der Waals surface area contributed by atoms with Gasteiger partial charge in [0.25, 0.3) is 0 Å². The van der Waals surface area contributed by atoms with Gasteiger partial charge >= 0.3 is 0 Å². The van der Waals surface area contributed by atoms with E-state index in [9.17, 15) is 5.11 Å². The summed E-state index contributed by atoms with van der Waals surface area (Å²) in [7, 11) is 1.89. The Hall–Kier alpha value is -2.36. The highest BCUT2D eigenvalue weighted by atomic mass is 16.3. The summed E-state index contributed by atoms with van der Waals surface area (Å²) in [4.78, 5) is 4.15. The summed E-state index contributed by atoms with van der Waals surface area (Å²) in [5.74, 6) is 0.248. The number of rotatable bonds is 1. The van der Waals surface area contributed by atoms with Crippen molar-refractivity contribution >= 4 is 10.8 Å². The van der Waals surface area contributed by atoms with Gasteiger partial charge in [-0.25, -0.2) is 0 Å². The minimum absolute atomic E-state index is 0.248. The summed E-state index contributed by atoms with van der Waals surface area (Å²) in [6, 6.07) is 5.94. The first-order chi connectivity index (χ1) is 8.65. The molecule has 2 heterocycles. The second-order valence-corrected chi connectivity index (χ2v) is 4.40. The van der Waals surface area contributed by atoms with Crippen LogP contribution in [0.5, 0.6) is 5.75 Å². The number of aromatic hydroxyl groups is 1. The maximum absolute atomic E-state index is 10.1. The van der Waals surface area contributed by atoms with Crippen LogP contribution in [-0.4, -0.2) is 19.9 Å². The van der Waals surface area contributed by atoms with Crippen molar-refractivity contribution in [3.63, 3.8) is 0 Å². The molecule has 0 unspecified atom stereocenters. The lowest BCUT2D eigenvalue weighted by Crippen LogP contribution is -1.85. The SMILES string of the molecule is Cc1ncc2ccc(-c3cnn(C)c3)cc2c1O. The highest BCUT2D eigenvalue weighted by molar-refractivity contribution is 5.91. The van der Waals surface area contributed by atoms with Gasteiger partial charge in [-0.3, -0.25) is 9.67 Å². The van der Waals surface area contributed by atoms with Crippen molar-refractivity contribution < 1.29 is 5.11 Å². The number of hydrogen-bond acceptors (Lipinski definition) is 3. The molecule has 0 radical (unpaired) electrons. The highest BCUT2D eigenvalue weighted by Gasteiger charge is 2.07. The Balaban J connectivity index is 2.24. The van der Waals surface area contributed by atoms with E-state index < -0.39 is 0 Å². The first kappa shape index (κ1) is 10.8. The average Bonchev–Trinajstić information content (AvgIpc) is 2.80. The van der Waals surface area contributed by atoms with Crippen LogP contribution in [0.15, 0.2) is 36.8 Å². The third-order valence-electron chi connectivity index (χ3n) is 3.09. The number of hydrogen-bond donors (Lipinski definition) is 1. The first-order valence-corrected chi connectivity index (χ1v) is 5.72. The normalized spacial score (nSPS) is 11.0. The average molecular weight is 239 g/mol. The van der Waals surface area contributed by atoms with E-state index in [1.54, 1.807) is 17.8 Å². The van der Waals surface area contributed by atoms with Crippen LogP contribution >= 0.6 is 0 Å². The fraction of sp³-hybridized carbons (Fsp3) is 0.143. The number of pyridine rings is 1. The summed E-state index contributed by atoms with van der Waals surface area (Å²) in [6.45, 7) is 1.80. The van der Waals surface area contributed by atoms with E-state index in [1.165, 1.54) is 0 Å². The Kier molecular flexibility index (Phi) is 2.30. The van der Waals surface area contributed by atoms with E-state index in [2.05, 4.69) is 10.1 Å². The molecule has 0 fully saturated rings. The van der Waals surface area contributed by atoms with Gasteiger partial charge < -0.3 is 5.11 Å². The molecule has 3 rings (SSSR count). The van der Waals surface area contributed by atoms with Gasteiger partial charge in [-0.2, -0.15) is 5.10 Å². The lowest BCUT2D eigenvalue weighted by Gasteiger charge is -2.05. The molecule has 18 heavy (non-hydrogen) atoms. The van der Waals surface area contributed by atoms with Gasteiger partial charge in [0.2, 0.25) is 0 Å². The Labute approximate surface area is 105 Å². The summed E-state index contributed by atoms with van der Waals surface area (Å²) < 4.78 is 1.76. The second-order valence-electron chi connectivity index (χ2n) is 4.40. The molecular formula is C14H13N3O. The van der Waals surface area contributed by atoms with E-state index in [4.69, 9.17) is 0 Å². The van der Waals surface area contributed by atoms with Crippen molar-refractivity contribution in [2.75, 3.05) is 0 Å². The van der Waals surface area contributed by atoms with Gasteiger partial charge in [-0.05, 0) is 18.6 Å². The zero-order valence-corrected chi connectivity index (χ0v) is 10.3. The molecule has 1 N–H and O–H groups in total. The van der Waals surface area contributed by atoms with E-state index in [0.717, 1.165) is 21.9 Å². The Morgan fingerprint density at radius 3 is 2.72 bits per heavy atom. The summed E-state index contributed by atoms with van der Waals surface area (Å²) >= 11 is 0. The Morgan fingerprint density at radius 2 is 2.00 bits per heavy atom. The van der Waals surface area contributed by atoms with Crippen molar-refractivity contribution in [3.8, 4) is 16.9 Å². The molecule has 0 aliphatic heterocycles. The van der Waals surface area contributed by atoms with E-state index in [1.807, 2.05) is 37.6 Å². The topological polar surface area (TPSA) is 50.9 Å². The maximum atomic E-state index is 10.1. The van der Waals surface area contributed by atoms with E-state index in [0.29, 0.717) is 5.69 Å². The zero-order valence-electron chi connectivity index (χ0n) is 10.3. The number of aryl methyl sites for hydroxylation is 2. The molecule has 0 aliphatic rings. The van der Waals surface area contributed by atoms with Crippen molar-refractivity contribution in [1.29, 1.82) is 0 Å². The molecule has 0 atom stereocenters. The fourth-order valence-electron chi connectivity index (χ4n) is 2.05. The summed E-state index contributed by atoms with van der Waals surface area (Å²) in [5.41, 5.74) is 2.72. The predicted molar refractivity (Wildman–Crippen MR) is 70.3 cm³/mol. The van der Waals surface area contributed by atoms with Crippen LogP contribution in [-0.2, 0) is 7.05 Å². The quantitative estimate of drug-likeness (QED) is 0.710. The van der Waals surface area contributed by atoms with Crippen LogP contribution < -0.4 is 0 Å². The Bertz CT molecular complexity index is 731. The van der Waals surface area contributed by atoms with Crippen LogP contribution in [0.2, 0.25) is 0 Å². The molecule has 0 spiro atoms. The van der Waals surface area contributed by atoms with Gasteiger partial charge in [0, 0.05) is 35.8 Å². The zero-order chi connectivity index (χ0) is 12.7. The van der Waals surface area contributed by atoms with Gasteiger partial charge in [0.1, 0.15) is 5.75 Å². The number of nitrogens with zero attached hydrogens (tertiary/aromatic N) is 3. The summed E-state index contributed by atoms with van der Waals surface area (Å²) in [6.07, 6.45) is 5.54. The van der Waals surface area contributed by atoms with Crippen molar-refractivity contribution in [1.82, 2.24) is 14.8 Å². The molecule has 0 amide bonds. The second kappa shape index (κ2) is 3.84. The molecule has 3 aromatic rings. The van der Waals surface area contributed by atoms with Gasteiger partial charge in [0.15, 0.2) is 0 Å². The Morgan fingerprint density at radius 1 is 1.17 bits per heavy atom. The maximum Gasteiger partial charge on any atom is 0.144 e. The van der Waals surface area contributed by atoms with Crippen LogP contribution in [0, 0.1) is 6.92 Å². The van der Waals surface area contributed by atoms with Crippen molar-refractivity contribution in [3.05, 3.63) is 42.5 Å². The van der Waals surface area contributed by atoms with Crippen molar-refractivity contribution in [2.24, 2.45) is 7.05 Å². The highest BCUT2D eigenvalue weighted by Crippen LogP contribution is 2.30. The van der Waals surface area contributed by atoms with Gasteiger partial charge in [0.05, 0.1) is 11.9 Å². The molecule has 0 saturated heterocycles. The molecule has 4 heteroatoms.